The number of carboxylic acid groups (broad SMARTS) is 1. The largest absolute Gasteiger partial charge is 0.479 e. The number of carboxylic acids is 1. The van der Waals surface area contributed by atoms with E-state index in [9.17, 15) is 14.4 Å². The van der Waals surface area contributed by atoms with Crippen LogP contribution in [0.4, 0.5) is 0 Å². The van der Waals surface area contributed by atoms with Crippen molar-refractivity contribution in [1.29, 1.82) is 0 Å². The quantitative estimate of drug-likeness (QED) is 0.828. The molecule has 1 aliphatic rings. The van der Waals surface area contributed by atoms with E-state index in [1.54, 1.807) is 19.1 Å². The predicted octanol–water partition coefficient (Wildman–Crippen LogP) is 1.71. The van der Waals surface area contributed by atoms with Gasteiger partial charge in [-0.2, -0.15) is 0 Å². The minimum atomic E-state index is -1.23. The maximum atomic E-state index is 12.1. The zero-order valence-electron chi connectivity index (χ0n) is 11.2. The van der Waals surface area contributed by atoms with E-state index in [1.165, 1.54) is 12.1 Å². The fourth-order valence-electron chi connectivity index (χ4n) is 1.98. The van der Waals surface area contributed by atoms with Crippen LogP contribution >= 0.6 is 0 Å². The molecule has 106 valence electrons. The van der Waals surface area contributed by atoms with Crippen LogP contribution in [0.5, 0.6) is 0 Å². The van der Waals surface area contributed by atoms with Gasteiger partial charge in [0.1, 0.15) is 0 Å². The van der Waals surface area contributed by atoms with E-state index in [0.29, 0.717) is 11.5 Å². The van der Waals surface area contributed by atoms with E-state index in [4.69, 9.17) is 9.94 Å². The lowest BCUT2D eigenvalue weighted by atomic mass is 10.0. The minimum Gasteiger partial charge on any atom is -0.479 e. The van der Waals surface area contributed by atoms with Crippen LogP contribution in [0.2, 0.25) is 0 Å². The number of amides is 2. The normalized spacial score (nSPS) is 17.0. The van der Waals surface area contributed by atoms with Gasteiger partial charge in [0.2, 0.25) is 0 Å². The Morgan fingerprint density at radius 1 is 1.25 bits per heavy atom. The Kier molecular flexibility index (Phi) is 3.85. The van der Waals surface area contributed by atoms with Crippen LogP contribution < -0.4 is 0 Å². The second-order valence-corrected chi connectivity index (χ2v) is 4.70. The van der Waals surface area contributed by atoms with Gasteiger partial charge in [-0.25, -0.2) is 9.63 Å². The molecule has 0 fully saturated rings. The van der Waals surface area contributed by atoms with E-state index in [-0.39, 0.29) is 17.0 Å². The van der Waals surface area contributed by atoms with E-state index in [0.717, 1.165) is 0 Å². The molecule has 6 nitrogen and oxygen atoms in total. The summed E-state index contributed by atoms with van der Waals surface area (Å²) in [6.07, 6.45) is -0.678. The molecule has 1 aromatic carbocycles. The number of carbonyl (C=O) groups excluding carboxylic acids is 2. The number of benzene rings is 1. The van der Waals surface area contributed by atoms with Crippen molar-refractivity contribution in [2.75, 3.05) is 0 Å². The molecule has 1 heterocycles. The molecule has 0 saturated carbocycles. The van der Waals surface area contributed by atoms with Crippen molar-refractivity contribution >= 4 is 17.8 Å². The van der Waals surface area contributed by atoms with Gasteiger partial charge in [-0.05, 0) is 18.1 Å². The molecule has 0 radical (unpaired) electrons. The molecule has 2 amide bonds. The fraction of sp³-hybridized carbons (Fsp3) is 0.357. The summed E-state index contributed by atoms with van der Waals surface area (Å²) in [5.41, 5.74) is 0.455. The van der Waals surface area contributed by atoms with Crippen LogP contribution in [0.1, 0.15) is 41.0 Å². The smallest absolute Gasteiger partial charge is 0.335 e. The van der Waals surface area contributed by atoms with Crippen LogP contribution in [0.3, 0.4) is 0 Å². The van der Waals surface area contributed by atoms with E-state index in [2.05, 4.69) is 0 Å². The third-order valence-electron chi connectivity index (χ3n) is 3.38. The first kappa shape index (κ1) is 14.2. The van der Waals surface area contributed by atoms with E-state index in [1.807, 2.05) is 6.92 Å². The average Bonchev–Trinajstić information content (AvgIpc) is 2.68. The first-order valence-corrected chi connectivity index (χ1v) is 6.34. The highest BCUT2D eigenvalue weighted by atomic mass is 16.7. The van der Waals surface area contributed by atoms with Crippen LogP contribution in [-0.2, 0) is 9.63 Å². The summed E-state index contributed by atoms with van der Waals surface area (Å²) < 4.78 is 0. The molecular formula is C14H15NO5. The molecule has 0 aromatic heterocycles. The van der Waals surface area contributed by atoms with E-state index >= 15 is 0 Å². The van der Waals surface area contributed by atoms with Crippen molar-refractivity contribution in [2.24, 2.45) is 5.92 Å². The lowest BCUT2D eigenvalue weighted by molar-refractivity contribution is -0.182. The lowest BCUT2D eigenvalue weighted by Gasteiger charge is -2.23. The van der Waals surface area contributed by atoms with Gasteiger partial charge in [0.25, 0.3) is 11.8 Å². The Morgan fingerprint density at radius 2 is 1.75 bits per heavy atom. The number of nitrogens with zero attached hydrogens (tertiary/aromatic N) is 1. The third-order valence-corrected chi connectivity index (χ3v) is 3.38. The number of aliphatic carboxylic acids is 1. The summed E-state index contributed by atoms with van der Waals surface area (Å²) in [7, 11) is 0. The maximum absolute atomic E-state index is 12.1. The molecule has 6 heteroatoms. The van der Waals surface area contributed by atoms with Gasteiger partial charge in [-0.15, -0.1) is 5.06 Å². The Hall–Kier alpha value is -2.21. The number of imide groups is 1. The molecule has 0 saturated heterocycles. The van der Waals surface area contributed by atoms with Crippen LogP contribution in [0.15, 0.2) is 24.3 Å². The molecule has 1 N–H and O–H groups in total. The SMILES string of the molecule is CCC(C)[C@@H](ON1C(=O)c2ccccc2C1=O)C(=O)O. The predicted molar refractivity (Wildman–Crippen MR) is 68.9 cm³/mol. The molecule has 0 spiro atoms. The molecule has 1 aliphatic heterocycles. The van der Waals surface area contributed by atoms with Gasteiger partial charge in [-0.1, -0.05) is 32.4 Å². The summed E-state index contributed by atoms with van der Waals surface area (Å²) in [6, 6.07) is 6.30. The number of rotatable bonds is 5. The van der Waals surface area contributed by atoms with Gasteiger partial charge >= 0.3 is 5.97 Å². The highest BCUT2D eigenvalue weighted by molar-refractivity contribution is 6.20. The van der Waals surface area contributed by atoms with Crippen molar-refractivity contribution in [1.82, 2.24) is 5.06 Å². The topological polar surface area (TPSA) is 83.9 Å². The van der Waals surface area contributed by atoms with Gasteiger partial charge < -0.3 is 5.11 Å². The standard InChI is InChI=1S/C14H15NO5/c1-3-8(2)11(14(18)19)20-15-12(16)9-6-4-5-7-10(9)13(15)17/h4-8,11H,3H2,1-2H3,(H,18,19)/t8?,11-/m1/s1. The van der Waals surface area contributed by atoms with Crippen molar-refractivity contribution < 1.29 is 24.3 Å². The average molecular weight is 277 g/mol. The first-order valence-electron chi connectivity index (χ1n) is 6.34. The maximum Gasteiger partial charge on any atom is 0.335 e. The van der Waals surface area contributed by atoms with Crippen LogP contribution in [0, 0.1) is 5.92 Å². The summed E-state index contributed by atoms with van der Waals surface area (Å²) in [5, 5.41) is 9.70. The minimum absolute atomic E-state index is 0.228. The lowest BCUT2D eigenvalue weighted by Crippen LogP contribution is -2.41. The molecule has 1 unspecified atom stereocenters. The zero-order valence-corrected chi connectivity index (χ0v) is 11.2. The highest BCUT2D eigenvalue weighted by Crippen LogP contribution is 2.25. The van der Waals surface area contributed by atoms with Gasteiger partial charge in [0, 0.05) is 0 Å². The number of fused-ring (bicyclic) bond motifs is 1. The Labute approximate surface area is 115 Å². The Bertz CT molecular complexity index is 533. The van der Waals surface area contributed by atoms with Gasteiger partial charge in [0.15, 0.2) is 6.10 Å². The van der Waals surface area contributed by atoms with Crippen LogP contribution in [-0.4, -0.2) is 34.1 Å². The molecule has 0 bridgehead atoms. The van der Waals surface area contributed by atoms with Crippen molar-refractivity contribution in [3.63, 3.8) is 0 Å². The molecule has 2 atom stereocenters. The van der Waals surface area contributed by atoms with E-state index < -0.39 is 23.9 Å². The highest BCUT2D eigenvalue weighted by Gasteiger charge is 2.40. The second kappa shape index (κ2) is 5.42. The Balaban J connectivity index is 2.25. The van der Waals surface area contributed by atoms with Crippen molar-refractivity contribution in [2.45, 2.75) is 26.4 Å². The Morgan fingerprint density at radius 3 is 2.15 bits per heavy atom. The molecule has 1 aromatic rings. The molecular weight excluding hydrogens is 262 g/mol. The summed E-state index contributed by atoms with van der Waals surface area (Å²) in [5.74, 6) is -2.77. The van der Waals surface area contributed by atoms with Crippen LogP contribution in [0.25, 0.3) is 0 Å². The molecule has 2 rings (SSSR count). The fourth-order valence-corrected chi connectivity index (χ4v) is 1.98. The number of hydrogen-bond acceptors (Lipinski definition) is 4. The van der Waals surface area contributed by atoms with Gasteiger partial charge in [0.05, 0.1) is 11.1 Å². The van der Waals surface area contributed by atoms with Crippen molar-refractivity contribution in [3.05, 3.63) is 35.4 Å². The summed E-state index contributed by atoms with van der Waals surface area (Å²) in [4.78, 5) is 40.5. The summed E-state index contributed by atoms with van der Waals surface area (Å²) in [6.45, 7) is 3.50. The molecule has 0 aliphatic carbocycles. The summed E-state index contributed by atoms with van der Waals surface area (Å²) >= 11 is 0. The van der Waals surface area contributed by atoms with Crippen molar-refractivity contribution in [3.8, 4) is 0 Å². The first-order chi connectivity index (χ1) is 9.47. The second-order valence-electron chi connectivity index (χ2n) is 4.70. The number of hydrogen-bond donors (Lipinski definition) is 1. The third kappa shape index (κ3) is 2.30. The number of hydroxylamine groups is 2. The zero-order chi connectivity index (χ0) is 14.9. The monoisotopic (exact) mass is 277 g/mol. The molecule has 20 heavy (non-hydrogen) atoms. The number of carbonyl (C=O) groups is 3. The van der Waals surface area contributed by atoms with Gasteiger partial charge in [-0.3, -0.25) is 9.59 Å².